The minimum absolute atomic E-state index is 0.0232. The molecule has 10 nitrogen and oxygen atoms in total. The number of imide groups is 1. The zero-order valence-corrected chi connectivity index (χ0v) is 20.2. The van der Waals surface area contributed by atoms with Crippen LogP contribution < -0.4 is 19.5 Å². The number of methoxy groups -OCH3 is 3. The molecule has 0 radical (unpaired) electrons. The SMILES string of the molecule is COc1cc(NC(=O)COC(=O)[C@@H](CC(C)C)N2C(=O)c3ccccc3C2=O)cc(OC)c1OC. The molecule has 2 aromatic rings. The fourth-order valence-electron chi connectivity index (χ4n) is 3.83. The second kappa shape index (κ2) is 10.9. The Hall–Kier alpha value is -4.08. The molecule has 0 spiro atoms. The fraction of sp³-hybridized carbons (Fsp3) is 0.360. The first kappa shape index (κ1) is 25.5. The summed E-state index contributed by atoms with van der Waals surface area (Å²) >= 11 is 0. The summed E-state index contributed by atoms with van der Waals surface area (Å²) in [6, 6.07) is 8.28. The van der Waals surface area contributed by atoms with Crippen molar-refractivity contribution in [3.63, 3.8) is 0 Å². The quantitative estimate of drug-likeness (QED) is 0.404. The highest BCUT2D eigenvalue weighted by Gasteiger charge is 2.43. The molecule has 35 heavy (non-hydrogen) atoms. The van der Waals surface area contributed by atoms with Gasteiger partial charge in [0, 0.05) is 17.8 Å². The Balaban J connectivity index is 1.71. The Labute approximate surface area is 203 Å². The smallest absolute Gasteiger partial charge is 0.329 e. The highest BCUT2D eigenvalue weighted by molar-refractivity contribution is 6.22. The van der Waals surface area contributed by atoms with Crippen LogP contribution >= 0.6 is 0 Å². The number of nitrogens with zero attached hydrogens (tertiary/aromatic N) is 1. The van der Waals surface area contributed by atoms with Crippen LogP contribution in [0.5, 0.6) is 17.2 Å². The van der Waals surface area contributed by atoms with Gasteiger partial charge in [-0.2, -0.15) is 0 Å². The van der Waals surface area contributed by atoms with Gasteiger partial charge in [0.2, 0.25) is 5.75 Å². The van der Waals surface area contributed by atoms with E-state index in [4.69, 9.17) is 18.9 Å². The number of hydrogen-bond donors (Lipinski definition) is 1. The highest BCUT2D eigenvalue weighted by atomic mass is 16.5. The van der Waals surface area contributed by atoms with Gasteiger partial charge in [0.25, 0.3) is 17.7 Å². The molecule has 0 fully saturated rings. The number of anilines is 1. The van der Waals surface area contributed by atoms with Gasteiger partial charge in [0.15, 0.2) is 18.1 Å². The number of ether oxygens (including phenoxy) is 4. The second-order valence-corrected chi connectivity index (χ2v) is 8.24. The van der Waals surface area contributed by atoms with E-state index in [1.54, 1.807) is 12.1 Å². The summed E-state index contributed by atoms with van der Waals surface area (Å²) in [5.74, 6) is -1.58. The summed E-state index contributed by atoms with van der Waals surface area (Å²) in [5, 5.41) is 2.60. The number of amides is 3. The minimum atomic E-state index is -1.16. The Morgan fingerprint density at radius 1 is 0.914 bits per heavy atom. The normalized spacial score (nSPS) is 13.4. The molecule has 1 aliphatic rings. The van der Waals surface area contributed by atoms with E-state index in [0.717, 1.165) is 4.90 Å². The molecule has 0 saturated carbocycles. The summed E-state index contributed by atoms with van der Waals surface area (Å²) in [6.45, 7) is 3.10. The van der Waals surface area contributed by atoms with Crippen molar-refractivity contribution in [1.82, 2.24) is 4.90 Å². The maximum absolute atomic E-state index is 12.9. The zero-order chi connectivity index (χ0) is 25.7. The number of nitrogens with one attached hydrogen (secondary N) is 1. The van der Waals surface area contributed by atoms with Gasteiger partial charge >= 0.3 is 5.97 Å². The van der Waals surface area contributed by atoms with Crippen LogP contribution in [0.25, 0.3) is 0 Å². The lowest BCUT2D eigenvalue weighted by Gasteiger charge is -2.25. The van der Waals surface area contributed by atoms with E-state index in [1.165, 1.54) is 45.6 Å². The van der Waals surface area contributed by atoms with E-state index in [2.05, 4.69) is 5.32 Å². The molecule has 2 aromatic carbocycles. The molecule has 0 unspecified atom stereocenters. The van der Waals surface area contributed by atoms with Crippen LogP contribution in [-0.2, 0) is 14.3 Å². The number of carbonyl (C=O) groups is 4. The number of fused-ring (bicyclic) bond motifs is 1. The van der Waals surface area contributed by atoms with Crippen LogP contribution in [0.15, 0.2) is 36.4 Å². The van der Waals surface area contributed by atoms with Crippen molar-refractivity contribution < 1.29 is 38.1 Å². The van der Waals surface area contributed by atoms with Crippen LogP contribution in [0.2, 0.25) is 0 Å². The lowest BCUT2D eigenvalue weighted by molar-refractivity contribution is -0.151. The molecule has 10 heteroatoms. The summed E-state index contributed by atoms with van der Waals surface area (Å²) in [4.78, 5) is 52.1. The predicted octanol–water partition coefficient (Wildman–Crippen LogP) is 2.91. The maximum Gasteiger partial charge on any atom is 0.329 e. The average Bonchev–Trinajstić information content (AvgIpc) is 3.10. The fourth-order valence-corrected chi connectivity index (χ4v) is 3.83. The van der Waals surface area contributed by atoms with E-state index in [9.17, 15) is 19.2 Å². The lowest BCUT2D eigenvalue weighted by atomic mass is 10.0. The molecule has 0 aromatic heterocycles. The number of carbonyl (C=O) groups excluding carboxylic acids is 4. The van der Waals surface area contributed by atoms with Gasteiger partial charge in [-0.3, -0.25) is 19.3 Å². The summed E-state index contributed by atoms with van der Waals surface area (Å²) in [5.41, 5.74) is 0.804. The summed E-state index contributed by atoms with van der Waals surface area (Å²) < 4.78 is 21.0. The lowest BCUT2D eigenvalue weighted by Crippen LogP contribution is -2.46. The van der Waals surface area contributed by atoms with E-state index in [0.29, 0.717) is 22.9 Å². The molecule has 0 aliphatic carbocycles. The highest BCUT2D eigenvalue weighted by Crippen LogP contribution is 2.39. The van der Waals surface area contributed by atoms with Crippen molar-refractivity contribution in [3.05, 3.63) is 47.5 Å². The van der Waals surface area contributed by atoms with E-state index in [1.807, 2.05) is 13.8 Å². The Kier molecular flexibility index (Phi) is 7.95. The predicted molar refractivity (Wildman–Crippen MR) is 126 cm³/mol. The first-order valence-electron chi connectivity index (χ1n) is 10.9. The van der Waals surface area contributed by atoms with E-state index < -0.39 is 36.3 Å². The van der Waals surface area contributed by atoms with Crippen LogP contribution in [0.1, 0.15) is 41.0 Å². The van der Waals surface area contributed by atoms with Gasteiger partial charge in [-0.1, -0.05) is 26.0 Å². The van der Waals surface area contributed by atoms with E-state index in [-0.39, 0.29) is 23.5 Å². The third kappa shape index (κ3) is 5.37. The Bertz CT molecular complexity index is 1080. The Morgan fingerprint density at radius 2 is 1.46 bits per heavy atom. The van der Waals surface area contributed by atoms with Gasteiger partial charge < -0.3 is 24.3 Å². The number of benzene rings is 2. The van der Waals surface area contributed by atoms with Crippen molar-refractivity contribution in [2.24, 2.45) is 5.92 Å². The summed E-state index contributed by atoms with van der Waals surface area (Å²) in [6.07, 6.45) is 0.193. The maximum atomic E-state index is 12.9. The molecule has 1 heterocycles. The van der Waals surface area contributed by atoms with Crippen molar-refractivity contribution in [2.45, 2.75) is 26.3 Å². The van der Waals surface area contributed by atoms with Crippen molar-refractivity contribution >= 4 is 29.4 Å². The van der Waals surface area contributed by atoms with Gasteiger partial charge in [-0.25, -0.2) is 4.79 Å². The first-order valence-corrected chi connectivity index (χ1v) is 10.9. The van der Waals surface area contributed by atoms with Crippen molar-refractivity contribution in [3.8, 4) is 17.2 Å². The molecule has 3 rings (SSSR count). The van der Waals surface area contributed by atoms with Crippen LogP contribution in [0, 0.1) is 5.92 Å². The van der Waals surface area contributed by atoms with Crippen LogP contribution in [0.3, 0.4) is 0 Å². The number of esters is 1. The molecule has 186 valence electrons. The van der Waals surface area contributed by atoms with Crippen molar-refractivity contribution in [2.75, 3.05) is 33.3 Å². The molecule has 1 aliphatic heterocycles. The van der Waals surface area contributed by atoms with Gasteiger partial charge in [0.05, 0.1) is 32.5 Å². The first-order chi connectivity index (χ1) is 16.7. The molecule has 3 amide bonds. The third-order valence-corrected chi connectivity index (χ3v) is 5.40. The molecule has 0 bridgehead atoms. The topological polar surface area (TPSA) is 120 Å². The average molecular weight is 485 g/mol. The zero-order valence-electron chi connectivity index (χ0n) is 20.2. The van der Waals surface area contributed by atoms with Gasteiger partial charge in [-0.15, -0.1) is 0 Å². The monoisotopic (exact) mass is 484 g/mol. The van der Waals surface area contributed by atoms with Crippen LogP contribution in [0.4, 0.5) is 5.69 Å². The van der Waals surface area contributed by atoms with Crippen LogP contribution in [-0.4, -0.2) is 62.6 Å². The number of hydrogen-bond acceptors (Lipinski definition) is 8. The van der Waals surface area contributed by atoms with Gasteiger partial charge in [0.1, 0.15) is 6.04 Å². The number of rotatable bonds is 10. The largest absolute Gasteiger partial charge is 0.493 e. The molecule has 0 saturated heterocycles. The molecule has 1 N–H and O–H groups in total. The summed E-state index contributed by atoms with van der Waals surface area (Å²) in [7, 11) is 4.34. The van der Waals surface area contributed by atoms with Gasteiger partial charge in [-0.05, 0) is 24.5 Å². The standard InChI is InChI=1S/C25H28N2O8/c1-14(2)10-18(27-23(29)16-8-6-7-9-17(16)24(27)30)25(31)35-13-21(28)26-15-11-19(32-3)22(34-5)20(12-15)33-4/h6-9,11-12,14,18H,10,13H2,1-5H3,(H,26,28)/t18-/m1/s1. The second-order valence-electron chi connectivity index (χ2n) is 8.24. The third-order valence-electron chi connectivity index (χ3n) is 5.40. The molecular formula is C25H28N2O8. The van der Waals surface area contributed by atoms with E-state index >= 15 is 0 Å². The minimum Gasteiger partial charge on any atom is -0.493 e. The molecule has 1 atom stereocenters. The van der Waals surface area contributed by atoms with Crippen molar-refractivity contribution in [1.29, 1.82) is 0 Å². The Morgan fingerprint density at radius 3 is 1.91 bits per heavy atom. The molecular weight excluding hydrogens is 456 g/mol.